The minimum atomic E-state index is 0.438. The smallest absolute Gasteiger partial charge is 0.148 e. The predicted octanol–water partition coefficient (Wildman–Crippen LogP) is 6.38. The highest BCUT2D eigenvalue weighted by molar-refractivity contribution is 5.83. The normalized spacial score (nSPS) is 11.2. The molecule has 5 rings (SSSR count). The molecule has 148 valence electrons. The predicted molar refractivity (Wildman–Crippen MR) is 123 cm³/mol. The summed E-state index contributed by atoms with van der Waals surface area (Å²) in [7, 11) is 0. The highest BCUT2D eigenvalue weighted by Gasteiger charge is 2.12. The Labute approximate surface area is 176 Å². The Balaban J connectivity index is 1.46. The molecule has 0 atom stereocenters. The van der Waals surface area contributed by atoms with Crippen molar-refractivity contribution < 1.29 is 4.74 Å². The SMILES string of the molecule is CCc1ccc(OCc2nc3ccccc3n2Cc2ccc3ccccc3c2)cc1. The van der Waals surface area contributed by atoms with E-state index in [4.69, 9.17) is 9.72 Å². The maximum absolute atomic E-state index is 6.09. The number of hydrogen-bond donors (Lipinski definition) is 0. The van der Waals surface area contributed by atoms with Crippen LogP contribution < -0.4 is 4.74 Å². The molecular weight excluding hydrogens is 368 g/mol. The van der Waals surface area contributed by atoms with Gasteiger partial charge in [0.2, 0.25) is 0 Å². The molecule has 30 heavy (non-hydrogen) atoms. The van der Waals surface area contributed by atoms with Crippen molar-refractivity contribution in [1.82, 2.24) is 9.55 Å². The van der Waals surface area contributed by atoms with Crippen molar-refractivity contribution in [2.45, 2.75) is 26.5 Å². The standard InChI is InChI=1S/C27H24N2O/c1-2-20-12-15-24(16-13-20)30-19-27-28-25-9-5-6-10-26(25)29(27)18-21-11-14-22-7-3-4-8-23(22)17-21/h3-17H,2,18-19H2,1H3. The van der Waals surface area contributed by atoms with Crippen LogP contribution in [0, 0.1) is 0 Å². The zero-order valence-electron chi connectivity index (χ0n) is 17.1. The number of aryl methyl sites for hydroxylation is 1. The molecule has 0 aliphatic carbocycles. The van der Waals surface area contributed by atoms with Gasteiger partial charge in [0.25, 0.3) is 0 Å². The summed E-state index contributed by atoms with van der Waals surface area (Å²) in [5.41, 5.74) is 4.69. The minimum absolute atomic E-state index is 0.438. The summed E-state index contributed by atoms with van der Waals surface area (Å²) >= 11 is 0. The van der Waals surface area contributed by atoms with Gasteiger partial charge in [0.1, 0.15) is 18.2 Å². The Morgan fingerprint density at radius 3 is 2.33 bits per heavy atom. The van der Waals surface area contributed by atoms with Gasteiger partial charge in [-0.1, -0.05) is 67.6 Å². The summed E-state index contributed by atoms with van der Waals surface area (Å²) in [5, 5.41) is 2.52. The van der Waals surface area contributed by atoms with E-state index >= 15 is 0 Å². The van der Waals surface area contributed by atoms with Gasteiger partial charge < -0.3 is 9.30 Å². The molecule has 0 N–H and O–H groups in total. The number of nitrogens with zero attached hydrogens (tertiary/aromatic N) is 2. The van der Waals surface area contributed by atoms with Gasteiger partial charge in [-0.05, 0) is 58.7 Å². The lowest BCUT2D eigenvalue weighted by molar-refractivity contribution is 0.291. The Bertz CT molecular complexity index is 1300. The van der Waals surface area contributed by atoms with Gasteiger partial charge in [-0.15, -0.1) is 0 Å². The van der Waals surface area contributed by atoms with Gasteiger partial charge in [-0.2, -0.15) is 0 Å². The summed E-state index contributed by atoms with van der Waals surface area (Å²) in [6.45, 7) is 3.36. The van der Waals surface area contributed by atoms with Crippen molar-refractivity contribution >= 4 is 21.8 Å². The van der Waals surface area contributed by atoms with Gasteiger partial charge >= 0.3 is 0 Å². The first-order valence-electron chi connectivity index (χ1n) is 10.4. The van der Waals surface area contributed by atoms with Crippen LogP contribution in [0.1, 0.15) is 23.9 Å². The lowest BCUT2D eigenvalue weighted by Crippen LogP contribution is -2.08. The van der Waals surface area contributed by atoms with E-state index < -0.39 is 0 Å². The van der Waals surface area contributed by atoms with Crippen LogP contribution in [-0.4, -0.2) is 9.55 Å². The lowest BCUT2D eigenvalue weighted by atomic mass is 10.1. The molecule has 0 unspecified atom stereocenters. The van der Waals surface area contributed by atoms with Crippen LogP contribution in [0.25, 0.3) is 21.8 Å². The number of imidazole rings is 1. The maximum atomic E-state index is 6.09. The second-order valence-electron chi connectivity index (χ2n) is 7.57. The van der Waals surface area contributed by atoms with Gasteiger partial charge in [0, 0.05) is 6.54 Å². The van der Waals surface area contributed by atoms with Crippen molar-refractivity contribution in [3.8, 4) is 5.75 Å². The quantitative estimate of drug-likeness (QED) is 0.335. The van der Waals surface area contributed by atoms with Crippen molar-refractivity contribution in [2.24, 2.45) is 0 Å². The molecule has 3 nitrogen and oxygen atoms in total. The number of benzene rings is 4. The monoisotopic (exact) mass is 392 g/mol. The number of hydrogen-bond acceptors (Lipinski definition) is 2. The molecule has 0 amide bonds. The Kier molecular flexibility index (Phi) is 4.94. The zero-order chi connectivity index (χ0) is 20.3. The van der Waals surface area contributed by atoms with E-state index in [2.05, 4.69) is 84.3 Å². The molecule has 0 radical (unpaired) electrons. The second-order valence-corrected chi connectivity index (χ2v) is 7.57. The van der Waals surface area contributed by atoms with Gasteiger partial charge in [0.05, 0.1) is 11.0 Å². The summed E-state index contributed by atoms with van der Waals surface area (Å²) in [6, 6.07) is 31.7. The summed E-state index contributed by atoms with van der Waals surface area (Å²) in [5.74, 6) is 1.81. The Morgan fingerprint density at radius 1 is 0.767 bits per heavy atom. The molecule has 1 aromatic heterocycles. The van der Waals surface area contributed by atoms with Crippen LogP contribution >= 0.6 is 0 Å². The first-order valence-corrected chi connectivity index (χ1v) is 10.4. The number of para-hydroxylation sites is 2. The van der Waals surface area contributed by atoms with Crippen LogP contribution in [0.2, 0.25) is 0 Å². The first kappa shape index (κ1) is 18.4. The number of fused-ring (bicyclic) bond motifs is 2. The highest BCUT2D eigenvalue weighted by Crippen LogP contribution is 2.22. The summed E-state index contributed by atoms with van der Waals surface area (Å²) < 4.78 is 8.35. The third kappa shape index (κ3) is 3.67. The molecule has 3 heteroatoms. The van der Waals surface area contributed by atoms with Crippen LogP contribution in [0.5, 0.6) is 5.75 Å². The van der Waals surface area contributed by atoms with E-state index in [0.29, 0.717) is 6.61 Å². The van der Waals surface area contributed by atoms with E-state index in [-0.39, 0.29) is 0 Å². The fraction of sp³-hybridized carbons (Fsp3) is 0.148. The van der Waals surface area contributed by atoms with Gasteiger partial charge in [-0.3, -0.25) is 0 Å². The van der Waals surface area contributed by atoms with Crippen LogP contribution in [0.4, 0.5) is 0 Å². The van der Waals surface area contributed by atoms with Crippen molar-refractivity contribution in [1.29, 1.82) is 0 Å². The molecular formula is C27H24N2O. The fourth-order valence-electron chi connectivity index (χ4n) is 3.90. The third-order valence-electron chi connectivity index (χ3n) is 5.59. The van der Waals surface area contributed by atoms with Crippen LogP contribution in [0.15, 0.2) is 91.0 Å². The van der Waals surface area contributed by atoms with E-state index in [1.807, 2.05) is 18.2 Å². The van der Waals surface area contributed by atoms with Crippen molar-refractivity contribution in [2.75, 3.05) is 0 Å². The average molecular weight is 393 g/mol. The highest BCUT2D eigenvalue weighted by atomic mass is 16.5. The van der Waals surface area contributed by atoms with E-state index in [0.717, 1.165) is 35.6 Å². The van der Waals surface area contributed by atoms with Gasteiger partial charge in [-0.25, -0.2) is 4.98 Å². The summed E-state index contributed by atoms with van der Waals surface area (Å²) in [4.78, 5) is 4.86. The molecule has 0 saturated heterocycles. The first-order chi connectivity index (χ1) is 14.8. The van der Waals surface area contributed by atoms with E-state index in [9.17, 15) is 0 Å². The molecule has 0 bridgehead atoms. The molecule has 5 aromatic rings. The van der Waals surface area contributed by atoms with Crippen molar-refractivity contribution in [3.05, 3.63) is 108 Å². The van der Waals surface area contributed by atoms with E-state index in [1.165, 1.54) is 21.9 Å². The van der Waals surface area contributed by atoms with E-state index in [1.54, 1.807) is 0 Å². The lowest BCUT2D eigenvalue weighted by Gasteiger charge is -2.12. The molecule has 1 heterocycles. The molecule has 0 saturated carbocycles. The maximum Gasteiger partial charge on any atom is 0.148 e. The average Bonchev–Trinajstić information content (AvgIpc) is 3.15. The second kappa shape index (κ2) is 8.03. The van der Waals surface area contributed by atoms with Crippen molar-refractivity contribution in [3.63, 3.8) is 0 Å². The summed E-state index contributed by atoms with van der Waals surface area (Å²) in [6.07, 6.45) is 1.03. The zero-order valence-corrected chi connectivity index (χ0v) is 17.1. The number of ether oxygens (including phenoxy) is 1. The Morgan fingerprint density at radius 2 is 1.50 bits per heavy atom. The Hall–Kier alpha value is -3.59. The largest absolute Gasteiger partial charge is 0.486 e. The van der Waals surface area contributed by atoms with Crippen LogP contribution in [-0.2, 0) is 19.6 Å². The minimum Gasteiger partial charge on any atom is -0.486 e. The van der Waals surface area contributed by atoms with Gasteiger partial charge in [0.15, 0.2) is 0 Å². The van der Waals surface area contributed by atoms with Crippen LogP contribution in [0.3, 0.4) is 0 Å². The molecule has 0 aliphatic rings. The molecule has 0 fully saturated rings. The third-order valence-corrected chi connectivity index (χ3v) is 5.59. The fourth-order valence-corrected chi connectivity index (χ4v) is 3.90. The molecule has 0 aliphatic heterocycles. The number of aromatic nitrogens is 2. The molecule has 4 aromatic carbocycles. The topological polar surface area (TPSA) is 27.1 Å². The number of rotatable bonds is 6. The molecule has 0 spiro atoms.